The van der Waals surface area contributed by atoms with Gasteiger partial charge in [-0.1, -0.05) is 37.0 Å². The number of rotatable bonds is 6. The highest BCUT2D eigenvalue weighted by Gasteiger charge is 2.09. The Kier molecular flexibility index (Phi) is 7.32. The van der Waals surface area contributed by atoms with E-state index in [0.29, 0.717) is 28.3 Å². The monoisotopic (exact) mass is 332 g/mol. The van der Waals surface area contributed by atoms with Crippen LogP contribution in [0.5, 0.6) is 5.75 Å². The van der Waals surface area contributed by atoms with Crippen LogP contribution in [-0.2, 0) is 4.79 Å². The zero-order chi connectivity index (χ0) is 15.8. The minimum atomic E-state index is -0.548. The lowest BCUT2D eigenvalue weighted by Gasteiger charge is -2.09. The Morgan fingerprint density at radius 3 is 2.38 bits per heavy atom. The molecule has 0 atom stereocenters. The number of hydrogen-bond acceptors (Lipinski definition) is 3. The van der Waals surface area contributed by atoms with Crippen LogP contribution in [0.1, 0.15) is 20.3 Å². The van der Waals surface area contributed by atoms with Gasteiger partial charge in [-0.05, 0) is 30.5 Å². The second kappa shape index (κ2) is 8.74. The average Bonchev–Trinajstić information content (AvgIpc) is 2.34. The number of hydrogen-bond donors (Lipinski definition) is 2. The molecule has 0 aliphatic heterocycles. The summed E-state index contributed by atoms with van der Waals surface area (Å²) >= 11 is 11.6. The number of nitrogens with one attached hydrogen (secondary N) is 2. The number of benzene rings is 1. The van der Waals surface area contributed by atoms with Gasteiger partial charge in [0.05, 0.1) is 0 Å². The highest BCUT2D eigenvalue weighted by molar-refractivity contribution is 6.34. The van der Waals surface area contributed by atoms with Crippen LogP contribution in [0.3, 0.4) is 0 Å². The van der Waals surface area contributed by atoms with E-state index < -0.39 is 11.9 Å². The van der Waals surface area contributed by atoms with Crippen molar-refractivity contribution in [3.05, 3.63) is 28.2 Å². The number of amides is 3. The maximum Gasteiger partial charge on any atom is 0.321 e. The molecule has 0 bridgehead atoms. The molecule has 1 rings (SSSR count). The molecule has 0 spiro atoms. The van der Waals surface area contributed by atoms with Crippen molar-refractivity contribution in [1.29, 1.82) is 0 Å². The van der Waals surface area contributed by atoms with Crippen molar-refractivity contribution in [1.82, 2.24) is 10.6 Å². The summed E-state index contributed by atoms with van der Waals surface area (Å²) in [4.78, 5) is 22.9. The Morgan fingerprint density at radius 2 is 1.81 bits per heavy atom. The van der Waals surface area contributed by atoms with Gasteiger partial charge in [0.15, 0.2) is 6.61 Å². The van der Waals surface area contributed by atoms with Crippen LogP contribution >= 0.6 is 23.2 Å². The highest BCUT2D eigenvalue weighted by Crippen LogP contribution is 2.23. The summed E-state index contributed by atoms with van der Waals surface area (Å²) in [6.07, 6.45) is 0.846. The first-order chi connectivity index (χ1) is 9.86. The number of imide groups is 1. The maximum atomic E-state index is 11.5. The zero-order valence-electron chi connectivity index (χ0n) is 11.9. The Balaban J connectivity index is 2.32. The molecular weight excluding hydrogens is 315 g/mol. The molecule has 0 saturated carbocycles. The Hall–Kier alpha value is -1.46. The number of carbonyl (C=O) groups excluding carboxylic acids is 2. The third-order valence-corrected chi connectivity index (χ3v) is 2.90. The van der Waals surface area contributed by atoms with Crippen molar-refractivity contribution < 1.29 is 14.3 Å². The number of carbonyl (C=O) groups is 2. The van der Waals surface area contributed by atoms with Gasteiger partial charge in [0, 0.05) is 16.6 Å². The van der Waals surface area contributed by atoms with Gasteiger partial charge in [0.1, 0.15) is 5.75 Å². The molecule has 5 nitrogen and oxygen atoms in total. The molecule has 0 unspecified atom stereocenters. The minimum absolute atomic E-state index is 0.297. The lowest BCUT2D eigenvalue weighted by molar-refractivity contribution is -0.122. The molecule has 3 amide bonds. The molecule has 21 heavy (non-hydrogen) atoms. The molecule has 116 valence electrons. The van der Waals surface area contributed by atoms with E-state index in [9.17, 15) is 9.59 Å². The largest absolute Gasteiger partial charge is 0.484 e. The number of ether oxygens (including phenoxy) is 1. The molecule has 0 aromatic heterocycles. The van der Waals surface area contributed by atoms with Gasteiger partial charge >= 0.3 is 6.03 Å². The second-order valence-corrected chi connectivity index (χ2v) is 5.75. The van der Waals surface area contributed by atoms with Gasteiger partial charge in [-0.25, -0.2) is 4.79 Å². The fraction of sp³-hybridized carbons (Fsp3) is 0.429. The summed E-state index contributed by atoms with van der Waals surface area (Å²) in [5.41, 5.74) is 0. The van der Waals surface area contributed by atoms with Gasteiger partial charge in [-0.15, -0.1) is 0 Å². The van der Waals surface area contributed by atoms with Crippen molar-refractivity contribution >= 4 is 35.1 Å². The van der Waals surface area contributed by atoms with E-state index in [4.69, 9.17) is 27.9 Å². The molecule has 2 N–H and O–H groups in total. The Morgan fingerprint density at radius 1 is 1.19 bits per heavy atom. The molecule has 1 aromatic rings. The molecule has 7 heteroatoms. The van der Waals surface area contributed by atoms with E-state index in [1.807, 2.05) is 0 Å². The number of halogens is 2. The fourth-order valence-corrected chi connectivity index (χ4v) is 1.95. The Labute approximate surface area is 133 Å². The van der Waals surface area contributed by atoms with Crippen molar-refractivity contribution in [3.63, 3.8) is 0 Å². The van der Waals surface area contributed by atoms with Crippen molar-refractivity contribution in [2.45, 2.75) is 20.3 Å². The van der Waals surface area contributed by atoms with Crippen molar-refractivity contribution in [2.75, 3.05) is 13.2 Å². The van der Waals surface area contributed by atoms with E-state index in [0.717, 1.165) is 6.42 Å². The predicted molar refractivity (Wildman–Crippen MR) is 83.0 cm³/mol. The van der Waals surface area contributed by atoms with E-state index in [1.54, 1.807) is 6.07 Å². The smallest absolute Gasteiger partial charge is 0.321 e. The summed E-state index contributed by atoms with van der Waals surface area (Å²) in [6.45, 7) is 4.32. The average molecular weight is 333 g/mol. The lowest BCUT2D eigenvalue weighted by Crippen LogP contribution is -2.42. The highest BCUT2D eigenvalue weighted by atomic mass is 35.5. The quantitative estimate of drug-likeness (QED) is 0.840. The van der Waals surface area contributed by atoms with Crippen molar-refractivity contribution in [3.8, 4) is 5.75 Å². The molecule has 1 aromatic carbocycles. The summed E-state index contributed by atoms with van der Waals surface area (Å²) < 4.78 is 5.21. The Bertz CT molecular complexity index is 487. The van der Waals surface area contributed by atoms with Gasteiger partial charge in [0.25, 0.3) is 5.91 Å². The molecule has 0 aliphatic carbocycles. The molecular formula is C14H18Cl2N2O3. The van der Waals surface area contributed by atoms with Crippen LogP contribution < -0.4 is 15.4 Å². The first-order valence-corrected chi connectivity index (χ1v) is 7.29. The molecule has 0 heterocycles. The van der Waals surface area contributed by atoms with Crippen LogP contribution in [0.15, 0.2) is 18.2 Å². The minimum Gasteiger partial charge on any atom is -0.484 e. The third-order valence-electron chi connectivity index (χ3n) is 2.47. The predicted octanol–water partition coefficient (Wildman–Crippen LogP) is 3.24. The maximum absolute atomic E-state index is 11.5. The zero-order valence-corrected chi connectivity index (χ0v) is 13.4. The van der Waals surface area contributed by atoms with Crippen LogP contribution in [-0.4, -0.2) is 25.1 Å². The fourth-order valence-electron chi connectivity index (χ4n) is 1.44. The van der Waals surface area contributed by atoms with E-state index >= 15 is 0 Å². The first kappa shape index (κ1) is 17.6. The summed E-state index contributed by atoms with van der Waals surface area (Å²) in [5.74, 6) is 0.299. The molecule has 0 saturated heterocycles. The summed E-state index contributed by atoms with van der Waals surface area (Å²) in [5, 5.41) is 5.58. The first-order valence-electron chi connectivity index (χ1n) is 6.53. The molecule has 0 aliphatic rings. The molecule has 0 fully saturated rings. The molecule has 0 radical (unpaired) electrons. The van der Waals surface area contributed by atoms with Gasteiger partial charge in [-0.3, -0.25) is 10.1 Å². The third kappa shape index (κ3) is 7.78. The van der Waals surface area contributed by atoms with E-state index in [-0.39, 0.29) is 6.61 Å². The van der Waals surface area contributed by atoms with Crippen LogP contribution in [0.4, 0.5) is 4.79 Å². The SMILES string of the molecule is CC(C)CCNC(=O)NC(=O)COc1cc(Cl)cc(Cl)c1. The van der Waals surface area contributed by atoms with Crippen molar-refractivity contribution in [2.24, 2.45) is 5.92 Å². The van der Waals surface area contributed by atoms with Gasteiger partial charge in [-0.2, -0.15) is 0 Å². The van der Waals surface area contributed by atoms with Crippen LogP contribution in [0, 0.1) is 5.92 Å². The lowest BCUT2D eigenvalue weighted by atomic mass is 10.1. The normalized spacial score (nSPS) is 10.3. The van der Waals surface area contributed by atoms with Gasteiger partial charge < -0.3 is 10.1 Å². The summed E-state index contributed by atoms with van der Waals surface area (Å²) in [6, 6.07) is 4.08. The van der Waals surface area contributed by atoms with Crippen LogP contribution in [0.2, 0.25) is 10.0 Å². The second-order valence-electron chi connectivity index (χ2n) is 4.88. The number of urea groups is 1. The van der Waals surface area contributed by atoms with E-state index in [2.05, 4.69) is 24.5 Å². The summed E-state index contributed by atoms with van der Waals surface area (Å²) in [7, 11) is 0. The van der Waals surface area contributed by atoms with Gasteiger partial charge in [0.2, 0.25) is 0 Å². The topological polar surface area (TPSA) is 67.4 Å². The van der Waals surface area contributed by atoms with E-state index in [1.165, 1.54) is 12.1 Å². The standard InChI is InChI=1S/C14H18Cl2N2O3/c1-9(2)3-4-17-14(20)18-13(19)8-21-12-6-10(15)5-11(16)7-12/h5-7,9H,3-4,8H2,1-2H3,(H2,17,18,19,20). The van der Waals surface area contributed by atoms with Crippen LogP contribution in [0.25, 0.3) is 0 Å².